The van der Waals surface area contributed by atoms with Crippen molar-refractivity contribution in [3.8, 4) is 0 Å². The predicted molar refractivity (Wildman–Crippen MR) is 96.6 cm³/mol. The van der Waals surface area contributed by atoms with Gasteiger partial charge in [-0.3, -0.25) is 10.0 Å². The average molecular weight is 411 g/mol. The van der Waals surface area contributed by atoms with Gasteiger partial charge in [0.25, 0.3) is 10.8 Å². The van der Waals surface area contributed by atoms with E-state index in [4.69, 9.17) is 5.21 Å². The molecule has 1 fully saturated rings. The van der Waals surface area contributed by atoms with Crippen LogP contribution in [0.1, 0.15) is 15.9 Å². The molecule has 0 atom stereocenters. The minimum absolute atomic E-state index is 0.0243. The summed E-state index contributed by atoms with van der Waals surface area (Å²) in [5.41, 5.74) is 1.32. The SMILES string of the molecule is O=C(NO)c1ccc(N2CCN(c3cccc(C(F)(F)F)c3)CC2)c([N+](=O)O)c1. The molecule has 3 rings (SSSR count). The van der Waals surface area contributed by atoms with E-state index in [9.17, 15) is 28.1 Å². The van der Waals surface area contributed by atoms with Crippen molar-refractivity contribution in [1.29, 1.82) is 0 Å². The van der Waals surface area contributed by atoms with E-state index >= 15 is 0 Å². The molecule has 0 aromatic heterocycles. The monoisotopic (exact) mass is 411 g/mol. The maximum absolute atomic E-state index is 12.9. The summed E-state index contributed by atoms with van der Waals surface area (Å²) in [6.45, 7) is 1.54. The van der Waals surface area contributed by atoms with Gasteiger partial charge in [0.2, 0.25) is 0 Å². The van der Waals surface area contributed by atoms with Crippen molar-refractivity contribution < 1.29 is 33.3 Å². The van der Waals surface area contributed by atoms with Gasteiger partial charge in [0, 0.05) is 43.5 Å². The molecule has 2 aromatic rings. The molecule has 1 aliphatic rings. The Morgan fingerprint density at radius 1 is 1.03 bits per heavy atom. The average Bonchev–Trinajstić information content (AvgIpc) is 2.72. The lowest BCUT2D eigenvalue weighted by Crippen LogP contribution is -2.46. The van der Waals surface area contributed by atoms with Crippen molar-refractivity contribution in [3.05, 3.63) is 58.5 Å². The fraction of sp³-hybridized carbons (Fsp3) is 0.278. The molecule has 154 valence electrons. The zero-order chi connectivity index (χ0) is 21.2. The number of nitrogens with zero attached hydrogens (tertiary/aromatic N) is 3. The third-order valence-corrected chi connectivity index (χ3v) is 4.70. The first-order valence-electron chi connectivity index (χ1n) is 8.62. The highest BCUT2D eigenvalue weighted by Crippen LogP contribution is 2.33. The summed E-state index contributed by atoms with van der Waals surface area (Å²) in [5, 5.41) is 18.1. The Bertz CT molecular complexity index is 928. The van der Waals surface area contributed by atoms with E-state index in [2.05, 4.69) is 0 Å². The molecule has 0 unspecified atom stereocenters. The smallest absolute Gasteiger partial charge is 0.368 e. The number of hydrogen-bond acceptors (Lipinski definition) is 5. The Morgan fingerprint density at radius 3 is 2.28 bits per heavy atom. The lowest BCUT2D eigenvalue weighted by atomic mass is 10.1. The number of halogens is 3. The summed E-state index contributed by atoms with van der Waals surface area (Å²) < 4.78 is 38.8. The number of amides is 1. The molecule has 8 nitrogen and oxygen atoms in total. The van der Waals surface area contributed by atoms with Crippen LogP contribution >= 0.6 is 0 Å². The van der Waals surface area contributed by atoms with E-state index in [-0.39, 0.29) is 16.2 Å². The summed E-state index contributed by atoms with van der Waals surface area (Å²) in [4.78, 5) is 26.2. The summed E-state index contributed by atoms with van der Waals surface area (Å²) in [6, 6.07) is 9.04. The molecule has 0 spiro atoms. The molecule has 1 aliphatic heterocycles. The van der Waals surface area contributed by atoms with E-state index in [0.717, 1.165) is 18.2 Å². The number of carbonyl (C=O) groups excluding carboxylic acids is 1. The van der Waals surface area contributed by atoms with Gasteiger partial charge in [0.1, 0.15) is 5.69 Å². The summed E-state index contributed by atoms with van der Waals surface area (Å²) in [5.74, 6) is -0.839. The fourth-order valence-corrected chi connectivity index (χ4v) is 3.23. The fourth-order valence-electron chi connectivity index (χ4n) is 3.23. The second kappa shape index (κ2) is 7.95. The second-order valence-electron chi connectivity index (χ2n) is 6.44. The maximum atomic E-state index is 12.9. The molecule has 0 radical (unpaired) electrons. The van der Waals surface area contributed by atoms with E-state index in [1.54, 1.807) is 15.9 Å². The molecule has 0 saturated carbocycles. The molecule has 2 aromatic carbocycles. The van der Waals surface area contributed by atoms with Crippen molar-refractivity contribution in [3.63, 3.8) is 0 Å². The van der Waals surface area contributed by atoms with Crippen LogP contribution in [-0.4, -0.2) is 47.4 Å². The Labute approximate surface area is 163 Å². The van der Waals surface area contributed by atoms with Crippen LogP contribution in [-0.2, 0) is 6.18 Å². The molecule has 1 saturated heterocycles. The Hall–Kier alpha value is -3.34. The third-order valence-electron chi connectivity index (χ3n) is 4.70. The number of hydrogen-bond donors (Lipinski definition) is 3. The first-order chi connectivity index (χ1) is 13.7. The van der Waals surface area contributed by atoms with Crippen molar-refractivity contribution in [2.24, 2.45) is 0 Å². The van der Waals surface area contributed by atoms with Crippen molar-refractivity contribution >= 4 is 23.0 Å². The first kappa shape index (κ1) is 20.4. The summed E-state index contributed by atoms with van der Waals surface area (Å²) >= 11 is 0. The van der Waals surface area contributed by atoms with Crippen LogP contribution < -0.4 is 15.3 Å². The first-order valence-corrected chi connectivity index (χ1v) is 8.62. The second-order valence-corrected chi connectivity index (χ2v) is 6.44. The Balaban J connectivity index is 1.77. The van der Waals surface area contributed by atoms with Crippen molar-refractivity contribution in [1.82, 2.24) is 5.48 Å². The topological polar surface area (TPSA) is 96.1 Å². The van der Waals surface area contributed by atoms with Gasteiger partial charge in [0.15, 0.2) is 0 Å². The van der Waals surface area contributed by atoms with E-state index in [1.165, 1.54) is 23.7 Å². The van der Waals surface area contributed by atoms with Gasteiger partial charge in [-0.15, -0.1) is 0 Å². The molecular weight excluding hydrogens is 393 g/mol. The van der Waals surface area contributed by atoms with Gasteiger partial charge in [-0.05, 0) is 30.3 Å². The van der Waals surface area contributed by atoms with Crippen molar-refractivity contribution in [2.75, 3.05) is 36.0 Å². The summed E-state index contributed by atoms with van der Waals surface area (Å²) in [7, 11) is 0. The zero-order valence-electron chi connectivity index (χ0n) is 15.1. The van der Waals surface area contributed by atoms with Crippen LogP contribution in [0.3, 0.4) is 0 Å². The van der Waals surface area contributed by atoms with Crippen LogP contribution in [0, 0.1) is 4.91 Å². The van der Waals surface area contributed by atoms with Crippen LogP contribution in [0.5, 0.6) is 0 Å². The standard InChI is InChI=1S/C18H17F3N4O4/c19-18(20,21)13-2-1-3-14(11-13)23-6-8-24(9-7-23)15-5-4-12(17(26)22-27)10-16(15)25(28)29/h1-5,10-11H,6-9H2,(H2-,22,26,27,28,29)/p+1. The maximum Gasteiger partial charge on any atom is 0.416 e. The predicted octanol–water partition coefficient (Wildman–Crippen LogP) is 2.95. The Morgan fingerprint density at radius 2 is 1.69 bits per heavy atom. The highest BCUT2D eigenvalue weighted by molar-refractivity contribution is 5.95. The van der Waals surface area contributed by atoms with E-state index < -0.39 is 17.6 Å². The van der Waals surface area contributed by atoms with Crippen LogP contribution in [0.4, 0.5) is 30.2 Å². The number of nitrogens with one attached hydrogen (secondary N) is 1. The molecule has 1 amide bonds. The molecule has 3 N–H and O–H groups in total. The molecule has 0 aliphatic carbocycles. The number of benzene rings is 2. The third kappa shape index (κ3) is 4.40. The quantitative estimate of drug-likeness (QED) is 0.529. The minimum atomic E-state index is -4.42. The lowest BCUT2D eigenvalue weighted by molar-refractivity contribution is -0.729. The Kier molecular flexibility index (Phi) is 5.59. The van der Waals surface area contributed by atoms with E-state index in [1.807, 2.05) is 0 Å². The number of anilines is 2. The van der Waals surface area contributed by atoms with Gasteiger partial charge in [-0.25, -0.2) is 10.7 Å². The number of hydroxylamine groups is 1. The zero-order valence-corrected chi connectivity index (χ0v) is 15.1. The molecule has 29 heavy (non-hydrogen) atoms. The lowest BCUT2D eigenvalue weighted by Gasteiger charge is -2.37. The number of carbonyl (C=O) groups is 1. The van der Waals surface area contributed by atoms with Gasteiger partial charge in [-0.1, -0.05) is 6.07 Å². The molecular formula is C18H18F3N4O4+. The minimum Gasteiger partial charge on any atom is -0.368 e. The van der Waals surface area contributed by atoms with Crippen LogP contribution in [0.2, 0.25) is 0 Å². The van der Waals surface area contributed by atoms with E-state index in [0.29, 0.717) is 37.6 Å². The highest BCUT2D eigenvalue weighted by atomic mass is 19.4. The van der Waals surface area contributed by atoms with Gasteiger partial charge < -0.3 is 9.80 Å². The number of piperazine rings is 1. The molecule has 11 heteroatoms. The summed E-state index contributed by atoms with van der Waals surface area (Å²) in [6.07, 6.45) is -4.42. The van der Waals surface area contributed by atoms with Gasteiger partial charge in [-0.2, -0.15) is 13.2 Å². The highest BCUT2D eigenvalue weighted by Gasteiger charge is 2.32. The van der Waals surface area contributed by atoms with Gasteiger partial charge >= 0.3 is 11.9 Å². The van der Waals surface area contributed by atoms with Crippen molar-refractivity contribution in [2.45, 2.75) is 6.18 Å². The van der Waals surface area contributed by atoms with Crippen LogP contribution in [0.15, 0.2) is 42.5 Å². The molecule has 1 heterocycles. The molecule has 0 bridgehead atoms. The normalized spacial score (nSPS) is 14.6. The largest absolute Gasteiger partial charge is 0.416 e. The van der Waals surface area contributed by atoms with Crippen LogP contribution in [0.25, 0.3) is 0 Å². The number of alkyl halides is 3. The van der Waals surface area contributed by atoms with Gasteiger partial charge in [0.05, 0.1) is 10.5 Å². The number of rotatable bonds is 4.